The van der Waals surface area contributed by atoms with Crippen LogP contribution in [0.25, 0.3) is 0 Å². The molecule has 1 fully saturated rings. The average Bonchev–Trinajstić information content (AvgIpc) is 2.42. The summed E-state index contributed by atoms with van der Waals surface area (Å²) in [7, 11) is 0. The molecule has 106 valence electrons. The van der Waals surface area contributed by atoms with Crippen LogP contribution in [-0.4, -0.2) is 30.6 Å². The molecular formula is C16H25FN2. The third-order valence-electron chi connectivity index (χ3n) is 4.33. The second-order valence-electron chi connectivity index (χ2n) is 5.75. The quantitative estimate of drug-likeness (QED) is 0.899. The van der Waals surface area contributed by atoms with E-state index in [1.165, 1.54) is 12.0 Å². The zero-order valence-corrected chi connectivity index (χ0v) is 12.2. The number of aryl methyl sites for hydroxylation is 1. The van der Waals surface area contributed by atoms with Gasteiger partial charge in [-0.1, -0.05) is 26.3 Å². The molecule has 1 aliphatic heterocycles. The molecule has 0 aromatic heterocycles. The van der Waals surface area contributed by atoms with Gasteiger partial charge < -0.3 is 5.32 Å². The number of hydrogen-bond acceptors (Lipinski definition) is 2. The van der Waals surface area contributed by atoms with E-state index >= 15 is 0 Å². The zero-order chi connectivity index (χ0) is 13.8. The van der Waals surface area contributed by atoms with E-state index in [0.29, 0.717) is 12.0 Å². The third kappa shape index (κ3) is 3.77. The number of piperazine rings is 1. The minimum Gasteiger partial charge on any atom is -0.311 e. The molecule has 19 heavy (non-hydrogen) atoms. The Labute approximate surface area is 116 Å². The lowest BCUT2D eigenvalue weighted by molar-refractivity contribution is 0.162. The van der Waals surface area contributed by atoms with Gasteiger partial charge >= 0.3 is 0 Å². The van der Waals surface area contributed by atoms with Gasteiger partial charge in [-0.25, -0.2) is 4.39 Å². The van der Waals surface area contributed by atoms with Crippen molar-refractivity contribution in [3.63, 3.8) is 0 Å². The molecule has 2 rings (SSSR count). The van der Waals surface area contributed by atoms with Crippen LogP contribution in [0.4, 0.5) is 4.39 Å². The van der Waals surface area contributed by atoms with E-state index in [2.05, 4.69) is 31.0 Å². The fraction of sp³-hybridized carbons (Fsp3) is 0.625. The maximum atomic E-state index is 13.3. The number of rotatable bonds is 4. The van der Waals surface area contributed by atoms with Crippen molar-refractivity contribution < 1.29 is 4.39 Å². The van der Waals surface area contributed by atoms with Gasteiger partial charge in [-0.05, 0) is 36.1 Å². The predicted octanol–water partition coefficient (Wildman–Crippen LogP) is 2.95. The van der Waals surface area contributed by atoms with Gasteiger partial charge in [-0.15, -0.1) is 0 Å². The number of nitrogens with one attached hydrogen (secondary N) is 1. The van der Waals surface area contributed by atoms with Gasteiger partial charge in [0.1, 0.15) is 5.82 Å². The minimum absolute atomic E-state index is 0.130. The second-order valence-corrected chi connectivity index (χ2v) is 5.75. The minimum atomic E-state index is -0.130. The van der Waals surface area contributed by atoms with Crippen molar-refractivity contribution >= 4 is 0 Å². The molecule has 0 radical (unpaired) electrons. The van der Waals surface area contributed by atoms with Crippen LogP contribution in [0.3, 0.4) is 0 Å². The molecule has 1 aromatic rings. The highest BCUT2D eigenvalue weighted by Gasteiger charge is 2.23. The maximum Gasteiger partial charge on any atom is 0.123 e. The predicted molar refractivity (Wildman–Crippen MR) is 77.7 cm³/mol. The number of hydrogen-bond donors (Lipinski definition) is 1. The van der Waals surface area contributed by atoms with Gasteiger partial charge in [0.15, 0.2) is 0 Å². The van der Waals surface area contributed by atoms with E-state index in [-0.39, 0.29) is 5.82 Å². The molecule has 0 bridgehead atoms. The Bertz CT molecular complexity index is 419. The van der Waals surface area contributed by atoms with Crippen molar-refractivity contribution in [2.75, 3.05) is 19.6 Å². The summed E-state index contributed by atoms with van der Waals surface area (Å²) in [5.74, 6) is 0.561. The van der Waals surface area contributed by atoms with E-state index in [0.717, 1.165) is 31.7 Å². The highest BCUT2D eigenvalue weighted by atomic mass is 19.1. The van der Waals surface area contributed by atoms with Crippen LogP contribution in [0, 0.1) is 18.7 Å². The summed E-state index contributed by atoms with van der Waals surface area (Å²) in [5, 5.41) is 3.60. The van der Waals surface area contributed by atoms with E-state index in [1.54, 1.807) is 12.1 Å². The first kappa shape index (κ1) is 14.5. The fourth-order valence-corrected chi connectivity index (χ4v) is 2.70. The topological polar surface area (TPSA) is 15.3 Å². The van der Waals surface area contributed by atoms with Crippen molar-refractivity contribution in [3.8, 4) is 0 Å². The van der Waals surface area contributed by atoms with Gasteiger partial charge in [0.05, 0.1) is 0 Å². The Morgan fingerprint density at radius 2 is 2.26 bits per heavy atom. The first-order valence-electron chi connectivity index (χ1n) is 7.31. The lowest BCUT2D eigenvalue weighted by Crippen LogP contribution is -2.52. The zero-order valence-electron chi connectivity index (χ0n) is 12.2. The summed E-state index contributed by atoms with van der Waals surface area (Å²) in [5.41, 5.74) is 2.30. The molecule has 1 N–H and O–H groups in total. The smallest absolute Gasteiger partial charge is 0.123 e. The van der Waals surface area contributed by atoms with Crippen LogP contribution < -0.4 is 5.32 Å². The molecule has 0 amide bonds. The highest BCUT2D eigenvalue weighted by Crippen LogP contribution is 2.17. The molecule has 1 saturated heterocycles. The molecular weight excluding hydrogens is 239 g/mol. The fourth-order valence-electron chi connectivity index (χ4n) is 2.70. The van der Waals surface area contributed by atoms with E-state index in [4.69, 9.17) is 0 Å². The van der Waals surface area contributed by atoms with Crippen LogP contribution in [0.5, 0.6) is 0 Å². The van der Waals surface area contributed by atoms with Crippen molar-refractivity contribution in [1.29, 1.82) is 0 Å². The Balaban J connectivity index is 2.00. The maximum absolute atomic E-state index is 13.3. The number of halogens is 1. The van der Waals surface area contributed by atoms with Crippen LogP contribution in [0.2, 0.25) is 0 Å². The second kappa shape index (κ2) is 6.49. The van der Waals surface area contributed by atoms with Gasteiger partial charge in [0.25, 0.3) is 0 Å². The highest BCUT2D eigenvalue weighted by molar-refractivity contribution is 5.26. The summed E-state index contributed by atoms with van der Waals surface area (Å²) in [6.45, 7) is 10.6. The Morgan fingerprint density at radius 1 is 1.47 bits per heavy atom. The summed E-state index contributed by atoms with van der Waals surface area (Å²) in [4.78, 5) is 2.44. The number of benzene rings is 1. The lowest BCUT2D eigenvalue weighted by atomic mass is 9.96. The molecule has 1 heterocycles. The standard InChI is InChI=1S/C16H25FN2/c1-4-12(2)16-11-19(8-7-18-16)10-14-9-15(17)6-5-13(14)3/h5-6,9,12,16,18H,4,7-8,10-11H2,1-3H3. The molecule has 2 nitrogen and oxygen atoms in total. The molecule has 2 unspecified atom stereocenters. The van der Waals surface area contributed by atoms with Crippen LogP contribution >= 0.6 is 0 Å². The van der Waals surface area contributed by atoms with Gasteiger partial charge in [-0.3, -0.25) is 4.90 Å². The number of nitrogens with zero attached hydrogens (tertiary/aromatic N) is 1. The van der Waals surface area contributed by atoms with Crippen LogP contribution in [-0.2, 0) is 6.54 Å². The summed E-state index contributed by atoms with van der Waals surface area (Å²) in [6.07, 6.45) is 1.20. The summed E-state index contributed by atoms with van der Waals surface area (Å²) in [6, 6.07) is 5.65. The Hall–Kier alpha value is -0.930. The molecule has 1 aliphatic rings. The molecule has 3 heteroatoms. The Morgan fingerprint density at radius 3 is 3.00 bits per heavy atom. The molecule has 2 atom stereocenters. The van der Waals surface area contributed by atoms with Crippen molar-refractivity contribution in [3.05, 3.63) is 35.1 Å². The van der Waals surface area contributed by atoms with Gasteiger partial charge in [0, 0.05) is 32.2 Å². The molecule has 1 aromatic carbocycles. The summed E-state index contributed by atoms with van der Waals surface area (Å²) >= 11 is 0. The third-order valence-corrected chi connectivity index (χ3v) is 4.33. The van der Waals surface area contributed by atoms with Crippen LogP contribution in [0.15, 0.2) is 18.2 Å². The average molecular weight is 264 g/mol. The lowest BCUT2D eigenvalue weighted by Gasteiger charge is -2.36. The first-order chi connectivity index (χ1) is 9.10. The monoisotopic (exact) mass is 264 g/mol. The first-order valence-corrected chi connectivity index (χ1v) is 7.31. The van der Waals surface area contributed by atoms with E-state index < -0.39 is 0 Å². The van der Waals surface area contributed by atoms with E-state index in [9.17, 15) is 4.39 Å². The van der Waals surface area contributed by atoms with E-state index in [1.807, 2.05) is 6.07 Å². The van der Waals surface area contributed by atoms with Crippen LogP contribution in [0.1, 0.15) is 31.4 Å². The molecule has 0 aliphatic carbocycles. The summed E-state index contributed by atoms with van der Waals surface area (Å²) < 4.78 is 13.3. The van der Waals surface area contributed by atoms with Gasteiger partial charge in [-0.2, -0.15) is 0 Å². The SMILES string of the molecule is CCC(C)C1CN(Cc2cc(F)ccc2C)CCN1. The normalized spacial score (nSPS) is 22.4. The van der Waals surface area contributed by atoms with Crippen molar-refractivity contribution in [2.24, 2.45) is 5.92 Å². The molecule has 0 saturated carbocycles. The van der Waals surface area contributed by atoms with Crippen molar-refractivity contribution in [2.45, 2.75) is 39.8 Å². The Kier molecular flexibility index (Phi) is 4.94. The van der Waals surface area contributed by atoms with Crippen molar-refractivity contribution in [1.82, 2.24) is 10.2 Å². The largest absolute Gasteiger partial charge is 0.311 e. The van der Waals surface area contributed by atoms with Gasteiger partial charge in [0.2, 0.25) is 0 Å². The molecule has 0 spiro atoms.